The van der Waals surface area contributed by atoms with Crippen molar-refractivity contribution in [3.05, 3.63) is 0 Å². The summed E-state index contributed by atoms with van der Waals surface area (Å²) in [7, 11) is -3.79. The van der Waals surface area contributed by atoms with Gasteiger partial charge in [0.05, 0.1) is 13.2 Å². The minimum atomic E-state index is -3.37. The fourth-order valence-electron chi connectivity index (χ4n) is 1.42. The molecule has 0 aromatic heterocycles. The van der Waals surface area contributed by atoms with Crippen molar-refractivity contribution in [2.24, 2.45) is 0 Å². The lowest BCUT2D eigenvalue weighted by Gasteiger charge is -2.35. The lowest BCUT2D eigenvalue weighted by Crippen LogP contribution is -2.40. The molecule has 0 saturated heterocycles. The molecule has 0 spiro atoms. The van der Waals surface area contributed by atoms with E-state index >= 15 is 0 Å². The molecule has 0 saturated carbocycles. The fraction of sp³-hybridized carbons (Fsp3) is 0.778. The number of aliphatic hydroxyl groups is 3. The largest absolute Gasteiger partial charge is 0.406 e. The number of aliphatic hydroxyl groups excluding tert-OH is 3. The van der Waals surface area contributed by atoms with E-state index in [4.69, 9.17) is 24.2 Å². The predicted octanol–water partition coefficient (Wildman–Crippen LogP) is 6.88. The van der Waals surface area contributed by atoms with E-state index in [2.05, 4.69) is 82.4 Å². The molecule has 0 heterocycles. The first kappa shape index (κ1) is 46.9. The third-order valence-electron chi connectivity index (χ3n) is 5.87. The van der Waals surface area contributed by atoms with Gasteiger partial charge in [-0.25, -0.2) is 0 Å². The quantitative estimate of drug-likeness (QED) is 0.122. The zero-order chi connectivity index (χ0) is 32.7. The van der Waals surface area contributed by atoms with Crippen molar-refractivity contribution in [2.75, 3.05) is 33.0 Å². The maximum atomic E-state index is 12.5. The van der Waals surface area contributed by atoms with Crippen molar-refractivity contribution in [1.29, 1.82) is 0 Å². The molecule has 14 heteroatoms. The molecule has 0 radical (unpaired) electrons. The molecular formula is C27H47BrF6O5Si2. The molecule has 0 fully saturated rings. The maximum absolute atomic E-state index is 12.5. The van der Waals surface area contributed by atoms with Gasteiger partial charge < -0.3 is 24.2 Å². The van der Waals surface area contributed by atoms with Gasteiger partial charge in [-0.2, -0.15) is 26.3 Å². The number of rotatable bonds is 6. The van der Waals surface area contributed by atoms with Gasteiger partial charge in [-0.3, -0.25) is 0 Å². The standard InChI is InChI=1S/C11H20F2O2Si.C10H17BrF2OSi.C5H6F2O2.CH4/c1-10(2,3)16(4,5)15-8-6-7-11(12,13)9-14;1-9(2,3)15(4,5)14-8-6-7-10(11,12)13;6-5(7,4-9)2-1-3-8;/h14H,8-9H2,1-5H3;8H2,1-5H3;8-9H,3-4H2;1H4. The second-order valence-corrected chi connectivity index (χ2v) is 22.0. The Morgan fingerprint density at radius 2 is 0.902 bits per heavy atom. The summed E-state index contributed by atoms with van der Waals surface area (Å²) in [6.07, 6.45) is 0. The van der Waals surface area contributed by atoms with Crippen LogP contribution in [-0.2, 0) is 8.85 Å². The molecule has 0 aliphatic rings. The topological polar surface area (TPSA) is 79.2 Å². The summed E-state index contributed by atoms with van der Waals surface area (Å²) in [6.45, 7) is 17.5. The SMILES string of the molecule is C.CC(C)(C)[Si](C)(C)OCC#CC(F)(F)Br.CC(C)(C)[Si](C)(C)OCC#CC(F)(F)CO.OCC#CC(F)(F)CO. The first-order valence-corrected chi connectivity index (χ1v) is 18.6. The van der Waals surface area contributed by atoms with Crippen molar-refractivity contribution < 1.29 is 50.5 Å². The Morgan fingerprint density at radius 3 is 1.15 bits per heavy atom. The third kappa shape index (κ3) is 25.2. The second kappa shape index (κ2) is 19.3. The summed E-state index contributed by atoms with van der Waals surface area (Å²) >= 11 is 2.15. The van der Waals surface area contributed by atoms with E-state index in [0.717, 1.165) is 0 Å². The highest BCUT2D eigenvalue weighted by Crippen LogP contribution is 2.37. The predicted molar refractivity (Wildman–Crippen MR) is 161 cm³/mol. The van der Waals surface area contributed by atoms with Crippen LogP contribution in [0.4, 0.5) is 26.3 Å². The van der Waals surface area contributed by atoms with Gasteiger partial charge in [0.25, 0.3) is 0 Å². The van der Waals surface area contributed by atoms with Gasteiger partial charge in [-0.1, -0.05) is 66.7 Å². The molecule has 0 unspecified atom stereocenters. The summed E-state index contributed by atoms with van der Waals surface area (Å²) in [5.41, 5.74) is 0. The molecule has 0 amide bonds. The first-order chi connectivity index (χ1) is 17.6. The highest BCUT2D eigenvalue weighted by molar-refractivity contribution is 9.10. The van der Waals surface area contributed by atoms with Crippen LogP contribution in [0.15, 0.2) is 0 Å². The molecule has 0 atom stereocenters. The molecule has 41 heavy (non-hydrogen) atoms. The second-order valence-electron chi connectivity index (χ2n) is 11.4. The molecule has 0 aromatic carbocycles. The number of hydrogen-bond donors (Lipinski definition) is 3. The summed E-state index contributed by atoms with van der Waals surface area (Å²) in [5.74, 6) is 4.46. The highest BCUT2D eigenvalue weighted by Gasteiger charge is 2.37. The van der Waals surface area contributed by atoms with Crippen molar-refractivity contribution in [1.82, 2.24) is 0 Å². The Hall–Kier alpha value is -1.03. The van der Waals surface area contributed by atoms with Crippen LogP contribution in [0.1, 0.15) is 49.0 Å². The highest BCUT2D eigenvalue weighted by atomic mass is 79.9. The van der Waals surface area contributed by atoms with Crippen molar-refractivity contribution in [3.63, 3.8) is 0 Å². The first-order valence-electron chi connectivity index (χ1n) is 12.0. The van der Waals surface area contributed by atoms with E-state index in [-0.39, 0.29) is 30.7 Å². The van der Waals surface area contributed by atoms with Crippen LogP contribution in [0.25, 0.3) is 0 Å². The molecule has 0 rings (SSSR count). The van der Waals surface area contributed by atoms with E-state index in [1.807, 2.05) is 13.1 Å². The zero-order valence-electron chi connectivity index (χ0n) is 24.8. The molecule has 0 aromatic rings. The van der Waals surface area contributed by atoms with Crippen LogP contribution in [0.2, 0.25) is 36.3 Å². The Morgan fingerprint density at radius 1 is 0.610 bits per heavy atom. The van der Waals surface area contributed by atoms with Gasteiger partial charge in [0.15, 0.2) is 16.6 Å². The minimum Gasteiger partial charge on any atom is -0.406 e. The van der Waals surface area contributed by atoms with Gasteiger partial charge in [0.2, 0.25) is 0 Å². The van der Waals surface area contributed by atoms with Crippen LogP contribution in [-0.4, -0.2) is 81.7 Å². The van der Waals surface area contributed by atoms with Gasteiger partial charge in [0.1, 0.15) is 19.8 Å². The van der Waals surface area contributed by atoms with Crippen molar-refractivity contribution >= 4 is 32.6 Å². The van der Waals surface area contributed by atoms with Crippen molar-refractivity contribution in [2.45, 2.75) is 102 Å². The van der Waals surface area contributed by atoms with Crippen LogP contribution in [0.5, 0.6) is 0 Å². The van der Waals surface area contributed by atoms with Crippen LogP contribution < -0.4 is 0 Å². The van der Waals surface area contributed by atoms with E-state index in [9.17, 15) is 26.3 Å². The average molecular weight is 702 g/mol. The van der Waals surface area contributed by atoms with Gasteiger partial charge in [0, 0.05) is 15.9 Å². The maximum Gasteiger partial charge on any atom is 0.363 e. The lowest BCUT2D eigenvalue weighted by molar-refractivity contribution is 0.00393. The molecule has 5 nitrogen and oxygen atoms in total. The number of hydrogen-bond acceptors (Lipinski definition) is 5. The fourth-order valence-corrected chi connectivity index (χ4v) is 3.29. The third-order valence-corrected chi connectivity index (χ3v) is 15.0. The minimum absolute atomic E-state index is 0. The Kier molecular flexibility index (Phi) is 22.1. The molecule has 0 bridgehead atoms. The van der Waals surface area contributed by atoms with Crippen LogP contribution in [0.3, 0.4) is 0 Å². The Labute approximate surface area is 253 Å². The Bertz CT molecular complexity index is 925. The van der Waals surface area contributed by atoms with E-state index in [1.54, 1.807) is 17.8 Å². The number of halogens is 7. The molecule has 0 aliphatic heterocycles. The molecule has 242 valence electrons. The van der Waals surface area contributed by atoms with Crippen LogP contribution in [0, 0.1) is 35.5 Å². The Balaban J connectivity index is -0.000000257. The number of alkyl halides is 7. The van der Waals surface area contributed by atoms with Crippen molar-refractivity contribution in [3.8, 4) is 35.5 Å². The summed E-state index contributed by atoms with van der Waals surface area (Å²) < 4.78 is 84.4. The summed E-state index contributed by atoms with van der Waals surface area (Å²) in [6, 6.07) is 0. The van der Waals surface area contributed by atoms with Gasteiger partial charge >= 0.3 is 16.7 Å². The van der Waals surface area contributed by atoms with Gasteiger partial charge in [-0.05, 0) is 54.0 Å². The van der Waals surface area contributed by atoms with Crippen LogP contribution >= 0.6 is 15.9 Å². The van der Waals surface area contributed by atoms with E-state index in [1.165, 1.54) is 5.92 Å². The molecule has 0 aliphatic carbocycles. The summed E-state index contributed by atoms with van der Waals surface area (Å²) in [4.78, 5) is -3.11. The summed E-state index contributed by atoms with van der Waals surface area (Å²) in [5, 5.41) is 24.2. The monoisotopic (exact) mass is 700 g/mol. The average Bonchev–Trinajstić information content (AvgIpc) is 2.77. The normalized spacial score (nSPS) is 12.3. The lowest BCUT2D eigenvalue weighted by atomic mass is 10.2. The van der Waals surface area contributed by atoms with E-state index in [0.29, 0.717) is 0 Å². The zero-order valence-corrected chi connectivity index (χ0v) is 28.4. The van der Waals surface area contributed by atoms with E-state index < -0.39 is 53.1 Å². The molecular weight excluding hydrogens is 654 g/mol. The molecule has 3 N–H and O–H groups in total. The van der Waals surface area contributed by atoms with Gasteiger partial charge in [-0.15, -0.1) is 0 Å². The smallest absolute Gasteiger partial charge is 0.363 e.